The summed E-state index contributed by atoms with van der Waals surface area (Å²) in [5, 5.41) is 7.14. The van der Waals surface area contributed by atoms with E-state index in [2.05, 4.69) is 10.5 Å². The molecule has 0 aliphatic rings. The van der Waals surface area contributed by atoms with Crippen LogP contribution in [0, 0.1) is 6.92 Å². The summed E-state index contributed by atoms with van der Waals surface area (Å²) in [7, 11) is 0. The number of benzene rings is 1. The van der Waals surface area contributed by atoms with Crippen LogP contribution in [0.3, 0.4) is 0 Å². The SMILES string of the molecule is Cc1conc1C(=O)NCCc1cccc(Cl)c1. The zero-order chi connectivity index (χ0) is 13.0. The Balaban J connectivity index is 1.86. The van der Waals surface area contributed by atoms with E-state index in [9.17, 15) is 4.79 Å². The number of aryl methyl sites for hydroxylation is 1. The Morgan fingerprint density at radius 1 is 1.50 bits per heavy atom. The summed E-state index contributed by atoms with van der Waals surface area (Å²) in [5.41, 5.74) is 2.15. The Morgan fingerprint density at radius 3 is 3.00 bits per heavy atom. The topological polar surface area (TPSA) is 55.1 Å². The van der Waals surface area contributed by atoms with Gasteiger partial charge in [-0.25, -0.2) is 0 Å². The highest BCUT2D eigenvalue weighted by molar-refractivity contribution is 6.30. The van der Waals surface area contributed by atoms with Crippen LogP contribution in [0.1, 0.15) is 21.6 Å². The van der Waals surface area contributed by atoms with Crippen LogP contribution in [-0.4, -0.2) is 17.6 Å². The third kappa shape index (κ3) is 3.11. The van der Waals surface area contributed by atoms with Crippen LogP contribution in [-0.2, 0) is 6.42 Å². The Bertz CT molecular complexity index is 551. The maximum Gasteiger partial charge on any atom is 0.273 e. The van der Waals surface area contributed by atoms with Gasteiger partial charge in [0.1, 0.15) is 6.26 Å². The second-order valence-corrected chi connectivity index (χ2v) is 4.42. The van der Waals surface area contributed by atoms with Crippen molar-refractivity contribution in [1.29, 1.82) is 0 Å². The number of aromatic nitrogens is 1. The van der Waals surface area contributed by atoms with Crippen molar-refractivity contribution in [2.45, 2.75) is 13.3 Å². The van der Waals surface area contributed by atoms with Crippen molar-refractivity contribution in [3.8, 4) is 0 Å². The molecule has 1 heterocycles. The van der Waals surface area contributed by atoms with Gasteiger partial charge in [0.15, 0.2) is 5.69 Å². The minimum Gasteiger partial charge on any atom is -0.364 e. The van der Waals surface area contributed by atoms with E-state index in [4.69, 9.17) is 16.1 Å². The fraction of sp³-hybridized carbons (Fsp3) is 0.231. The molecule has 4 nitrogen and oxygen atoms in total. The molecule has 2 rings (SSSR count). The molecule has 1 N–H and O–H groups in total. The molecule has 0 aliphatic carbocycles. The first kappa shape index (κ1) is 12.6. The number of nitrogens with one attached hydrogen (secondary N) is 1. The van der Waals surface area contributed by atoms with Crippen LogP contribution in [0.2, 0.25) is 5.02 Å². The van der Waals surface area contributed by atoms with Crippen molar-refractivity contribution in [3.63, 3.8) is 0 Å². The Morgan fingerprint density at radius 2 is 2.33 bits per heavy atom. The second-order valence-electron chi connectivity index (χ2n) is 3.98. The van der Waals surface area contributed by atoms with E-state index in [1.165, 1.54) is 6.26 Å². The number of carbonyl (C=O) groups is 1. The van der Waals surface area contributed by atoms with Crippen molar-refractivity contribution >= 4 is 17.5 Å². The van der Waals surface area contributed by atoms with Gasteiger partial charge in [-0.3, -0.25) is 4.79 Å². The number of hydrogen-bond acceptors (Lipinski definition) is 3. The van der Waals surface area contributed by atoms with E-state index in [-0.39, 0.29) is 5.91 Å². The van der Waals surface area contributed by atoms with Crippen molar-refractivity contribution < 1.29 is 9.32 Å². The number of rotatable bonds is 4. The molecule has 1 aromatic heterocycles. The van der Waals surface area contributed by atoms with E-state index in [0.29, 0.717) is 17.3 Å². The number of nitrogens with zero attached hydrogens (tertiary/aromatic N) is 1. The predicted molar refractivity (Wildman–Crippen MR) is 68.7 cm³/mol. The maximum atomic E-state index is 11.7. The molecule has 0 radical (unpaired) electrons. The first-order chi connectivity index (χ1) is 8.66. The molecule has 0 bridgehead atoms. The van der Waals surface area contributed by atoms with E-state index in [1.807, 2.05) is 24.3 Å². The van der Waals surface area contributed by atoms with Crippen molar-refractivity contribution in [1.82, 2.24) is 10.5 Å². The first-order valence-electron chi connectivity index (χ1n) is 5.60. The Labute approximate surface area is 110 Å². The van der Waals surface area contributed by atoms with Crippen LogP contribution < -0.4 is 5.32 Å². The normalized spacial score (nSPS) is 10.3. The van der Waals surface area contributed by atoms with Gasteiger partial charge in [-0.15, -0.1) is 0 Å². The van der Waals surface area contributed by atoms with Gasteiger partial charge in [0, 0.05) is 17.1 Å². The largest absolute Gasteiger partial charge is 0.364 e. The van der Waals surface area contributed by atoms with Gasteiger partial charge in [-0.1, -0.05) is 28.9 Å². The molecule has 2 aromatic rings. The molecule has 5 heteroatoms. The average molecular weight is 265 g/mol. The minimum absolute atomic E-state index is 0.219. The molecule has 1 amide bonds. The molecule has 0 spiro atoms. The van der Waals surface area contributed by atoms with Gasteiger partial charge in [-0.2, -0.15) is 0 Å². The number of carbonyl (C=O) groups excluding carboxylic acids is 1. The molecule has 0 aliphatic heterocycles. The van der Waals surface area contributed by atoms with Crippen LogP contribution in [0.4, 0.5) is 0 Å². The average Bonchev–Trinajstić information content (AvgIpc) is 2.75. The van der Waals surface area contributed by atoms with Gasteiger partial charge >= 0.3 is 0 Å². The number of hydrogen-bond donors (Lipinski definition) is 1. The van der Waals surface area contributed by atoms with Crippen LogP contribution in [0.5, 0.6) is 0 Å². The third-order valence-electron chi connectivity index (χ3n) is 2.55. The van der Waals surface area contributed by atoms with Gasteiger partial charge in [0.25, 0.3) is 5.91 Å². The predicted octanol–water partition coefficient (Wildman–Crippen LogP) is 2.61. The van der Waals surface area contributed by atoms with Gasteiger partial charge in [-0.05, 0) is 31.0 Å². The molecule has 94 valence electrons. The van der Waals surface area contributed by atoms with E-state index in [0.717, 1.165) is 17.5 Å². The van der Waals surface area contributed by atoms with Gasteiger partial charge in [0.2, 0.25) is 0 Å². The van der Waals surface area contributed by atoms with Crippen LogP contribution >= 0.6 is 11.6 Å². The molecular formula is C13H13ClN2O2. The van der Waals surface area contributed by atoms with E-state index >= 15 is 0 Å². The second kappa shape index (κ2) is 5.69. The first-order valence-corrected chi connectivity index (χ1v) is 5.98. The lowest BCUT2D eigenvalue weighted by molar-refractivity contribution is 0.0944. The van der Waals surface area contributed by atoms with Crippen LogP contribution in [0.25, 0.3) is 0 Å². The highest BCUT2D eigenvalue weighted by Crippen LogP contribution is 2.10. The van der Waals surface area contributed by atoms with E-state index < -0.39 is 0 Å². The van der Waals surface area contributed by atoms with Crippen LogP contribution in [0.15, 0.2) is 35.1 Å². The minimum atomic E-state index is -0.219. The molecule has 1 aromatic carbocycles. The lowest BCUT2D eigenvalue weighted by atomic mass is 10.1. The molecule has 18 heavy (non-hydrogen) atoms. The van der Waals surface area contributed by atoms with Gasteiger partial charge < -0.3 is 9.84 Å². The third-order valence-corrected chi connectivity index (χ3v) is 2.79. The fourth-order valence-corrected chi connectivity index (χ4v) is 1.82. The molecule has 0 saturated heterocycles. The lowest BCUT2D eigenvalue weighted by Gasteiger charge is -2.04. The van der Waals surface area contributed by atoms with Crippen molar-refractivity contribution in [2.75, 3.05) is 6.54 Å². The zero-order valence-corrected chi connectivity index (χ0v) is 10.7. The summed E-state index contributed by atoms with van der Waals surface area (Å²) in [6.07, 6.45) is 2.18. The Hall–Kier alpha value is -1.81. The quantitative estimate of drug-likeness (QED) is 0.924. The highest BCUT2D eigenvalue weighted by atomic mass is 35.5. The molecule has 0 unspecified atom stereocenters. The summed E-state index contributed by atoms with van der Waals surface area (Å²) in [5.74, 6) is -0.219. The summed E-state index contributed by atoms with van der Waals surface area (Å²) in [6.45, 7) is 2.31. The summed E-state index contributed by atoms with van der Waals surface area (Å²) < 4.78 is 4.72. The van der Waals surface area contributed by atoms with Crippen molar-refractivity contribution in [2.24, 2.45) is 0 Å². The molecular weight excluding hydrogens is 252 g/mol. The van der Waals surface area contributed by atoms with Gasteiger partial charge in [0.05, 0.1) is 0 Å². The summed E-state index contributed by atoms with van der Waals surface area (Å²) in [4.78, 5) is 11.7. The smallest absolute Gasteiger partial charge is 0.273 e. The molecule has 0 atom stereocenters. The zero-order valence-electron chi connectivity index (χ0n) is 9.94. The number of halogens is 1. The molecule has 0 saturated carbocycles. The van der Waals surface area contributed by atoms with E-state index in [1.54, 1.807) is 6.92 Å². The molecule has 0 fully saturated rings. The number of amides is 1. The Kier molecular flexibility index (Phi) is 3.99. The fourth-order valence-electron chi connectivity index (χ4n) is 1.60. The monoisotopic (exact) mass is 264 g/mol. The van der Waals surface area contributed by atoms with Crippen molar-refractivity contribution in [3.05, 3.63) is 52.4 Å². The highest BCUT2D eigenvalue weighted by Gasteiger charge is 2.12. The standard InChI is InChI=1S/C13H13ClN2O2/c1-9-8-18-16-12(9)13(17)15-6-5-10-3-2-4-11(14)7-10/h2-4,7-8H,5-6H2,1H3,(H,15,17). The summed E-state index contributed by atoms with van der Waals surface area (Å²) in [6, 6.07) is 7.57. The summed E-state index contributed by atoms with van der Waals surface area (Å²) >= 11 is 5.88. The lowest BCUT2D eigenvalue weighted by Crippen LogP contribution is -2.26. The maximum absolute atomic E-state index is 11.7.